The van der Waals surface area contributed by atoms with Crippen molar-refractivity contribution in [1.82, 2.24) is 5.32 Å². The maximum Gasteiger partial charge on any atom is 0.0897 e. The average Bonchev–Trinajstić information content (AvgIpc) is 2.36. The molecule has 4 nitrogen and oxygen atoms in total. The average molecular weight is 301 g/mol. The van der Waals surface area contributed by atoms with E-state index in [2.05, 4.69) is 33.0 Å². The molecule has 0 aromatic rings. The molecule has 1 rings (SSSR count). The molecule has 1 aliphatic rings. The Morgan fingerprint density at radius 1 is 1.05 bits per heavy atom. The molecule has 3 N–H and O–H groups in total. The van der Waals surface area contributed by atoms with Gasteiger partial charge in [-0.1, -0.05) is 27.7 Å². The molecule has 21 heavy (non-hydrogen) atoms. The van der Waals surface area contributed by atoms with Gasteiger partial charge in [-0.15, -0.1) is 0 Å². The lowest BCUT2D eigenvalue weighted by atomic mass is 9.89. The van der Waals surface area contributed by atoms with Crippen molar-refractivity contribution in [1.29, 1.82) is 0 Å². The molecular weight excluding hydrogens is 266 g/mol. The van der Waals surface area contributed by atoms with Crippen molar-refractivity contribution < 1.29 is 14.9 Å². The Hall–Kier alpha value is -0.160. The topological polar surface area (TPSA) is 61.7 Å². The van der Waals surface area contributed by atoms with Gasteiger partial charge in [0.1, 0.15) is 0 Å². The lowest BCUT2D eigenvalue weighted by Crippen LogP contribution is -2.37. The van der Waals surface area contributed by atoms with E-state index in [4.69, 9.17) is 4.74 Å². The summed E-state index contributed by atoms with van der Waals surface area (Å²) in [6, 6.07) is 0. The lowest BCUT2D eigenvalue weighted by molar-refractivity contribution is -0.0284. The van der Waals surface area contributed by atoms with Gasteiger partial charge in [-0.3, -0.25) is 0 Å². The molecule has 0 aliphatic heterocycles. The van der Waals surface area contributed by atoms with Gasteiger partial charge in [-0.05, 0) is 43.4 Å². The van der Waals surface area contributed by atoms with Crippen LogP contribution in [0.1, 0.15) is 59.8 Å². The highest BCUT2D eigenvalue weighted by Gasteiger charge is 2.20. The molecule has 4 heteroatoms. The monoisotopic (exact) mass is 301 g/mol. The van der Waals surface area contributed by atoms with Crippen LogP contribution in [0.4, 0.5) is 0 Å². The Morgan fingerprint density at radius 2 is 1.62 bits per heavy atom. The minimum Gasteiger partial charge on any atom is -0.392 e. The zero-order valence-electron chi connectivity index (χ0n) is 14.3. The van der Waals surface area contributed by atoms with Crippen LogP contribution in [0, 0.1) is 11.3 Å². The fourth-order valence-electron chi connectivity index (χ4n) is 2.90. The lowest BCUT2D eigenvalue weighted by Gasteiger charge is -2.27. The highest BCUT2D eigenvalue weighted by Crippen LogP contribution is 2.25. The molecule has 0 aromatic heterocycles. The second-order valence-electron chi connectivity index (χ2n) is 7.95. The van der Waals surface area contributed by atoms with Crippen LogP contribution in [0.25, 0.3) is 0 Å². The van der Waals surface area contributed by atoms with Crippen LogP contribution in [-0.4, -0.2) is 48.2 Å². The maximum absolute atomic E-state index is 9.91. The summed E-state index contributed by atoms with van der Waals surface area (Å²) in [4.78, 5) is 0. The van der Waals surface area contributed by atoms with Gasteiger partial charge in [-0.2, -0.15) is 0 Å². The van der Waals surface area contributed by atoms with Crippen LogP contribution < -0.4 is 5.32 Å². The summed E-state index contributed by atoms with van der Waals surface area (Å²) in [5.74, 6) is 0.820. The molecule has 0 bridgehead atoms. The molecule has 2 atom stereocenters. The summed E-state index contributed by atoms with van der Waals surface area (Å²) < 4.78 is 5.78. The van der Waals surface area contributed by atoms with Gasteiger partial charge in [0.2, 0.25) is 0 Å². The number of rotatable bonds is 8. The van der Waals surface area contributed by atoms with Crippen molar-refractivity contribution in [2.45, 2.75) is 78.1 Å². The van der Waals surface area contributed by atoms with Gasteiger partial charge in [0.25, 0.3) is 0 Å². The third kappa shape index (κ3) is 9.46. The third-order valence-corrected chi connectivity index (χ3v) is 4.10. The predicted octanol–water partition coefficient (Wildman–Crippen LogP) is 2.33. The first-order valence-corrected chi connectivity index (χ1v) is 8.44. The number of aliphatic hydroxyl groups excluding tert-OH is 2. The van der Waals surface area contributed by atoms with E-state index in [1.165, 1.54) is 12.8 Å². The van der Waals surface area contributed by atoms with E-state index in [0.29, 0.717) is 25.8 Å². The maximum atomic E-state index is 9.91. The molecule has 0 heterocycles. The summed E-state index contributed by atoms with van der Waals surface area (Å²) in [5.41, 5.74) is 0.126. The van der Waals surface area contributed by atoms with Crippen LogP contribution in [0.5, 0.6) is 0 Å². The van der Waals surface area contributed by atoms with Gasteiger partial charge in [0.15, 0.2) is 0 Å². The van der Waals surface area contributed by atoms with Gasteiger partial charge in [-0.25, -0.2) is 0 Å². The van der Waals surface area contributed by atoms with Crippen LogP contribution in [0.2, 0.25) is 0 Å². The molecule has 1 aliphatic carbocycles. The summed E-state index contributed by atoms with van der Waals surface area (Å²) in [7, 11) is 0. The van der Waals surface area contributed by atoms with Gasteiger partial charge in [0.05, 0.1) is 24.9 Å². The van der Waals surface area contributed by atoms with Crippen molar-refractivity contribution in [2.75, 3.05) is 19.7 Å². The van der Waals surface area contributed by atoms with E-state index in [9.17, 15) is 10.2 Å². The molecule has 126 valence electrons. The second kappa shape index (κ2) is 9.09. The second-order valence-corrected chi connectivity index (χ2v) is 7.95. The summed E-state index contributed by atoms with van der Waals surface area (Å²) >= 11 is 0. The molecule has 0 saturated heterocycles. The van der Waals surface area contributed by atoms with E-state index < -0.39 is 6.10 Å². The molecule has 2 unspecified atom stereocenters. The number of ether oxygens (including phenoxy) is 1. The number of hydrogen-bond donors (Lipinski definition) is 3. The molecule has 1 fully saturated rings. The van der Waals surface area contributed by atoms with Gasteiger partial charge < -0.3 is 20.3 Å². The standard InChI is InChI=1S/C17H35NO3/c1-13-5-7-16(8-6-13)21-12-15(20)11-18-10-14(19)9-17(2,3)4/h13-16,18-20H,5-12H2,1-4H3. The highest BCUT2D eigenvalue weighted by atomic mass is 16.5. The Morgan fingerprint density at radius 3 is 2.19 bits per heavy atom. The first-order valence-electron chi connectivity index (χ1n) is 8.44. The van der Waals surface area contributed by atoms with Crippen molar-refractivity contribution in [3.8, 4) is 0 Å². The van der Waals surface area contributed by atoms with E-state index in [-0.39, 0.29) is 11.5 Å². The summed E-state index contributed by atoms with van der Waals surface area (Å²) in [6.07, 6.45) is 4.92. The molecule has 1 saturated carbocycles. The quantitative estimate of drug-likeness (QED) is 0.644. The van der Waals surface area contributed by atoms with E-state index >= 15 is 0 Å². The Balaban J connectivity index is 2.04. The molecule has 0 amide bonds. The van der Waals surface area contributed by atoms with Gasteiger partial charge >= 0.3 is 0 Å². The number of hydrogen-bond acceptors (Lipinski definition) is 4. The zero-order chi connectivity index (χ0) is 15.9. The normalized spacial score (nSPS) is 26.6. The third-order valence-electron chi connectivity index (χ3n) is 4.10. The van der Waals surface area contributed by atoms with E-state index in [1.807, 2.05) is 0 Å². The highest BCUT2D eigenvalue weighted by molar-refractivity contribution is 4.72. The van der Waals surface area contributed by atoms with E-state index in [0.717, 1.165) is 25.2 Å². The molecular formula is C17H35NO3. The Labute approximate surface area is 130 Å². The van der Waals surface area contributed by atoms with Crippen molar-refractivity contribution in [2.24, 2.45) is 11.3 Å². The minimum absolute atomic E-state index is 0.126. The first-order chi connectivity index (χ1) is 9.76. The van der Waals surface area contributed by atoms with Crippen LogP contribution in [-0.2, 0) is 4.74 Å². The molecule has 0 radical (unpaired) electrons. The Kier molecular flexibility index (Phi) is 8.17. The first kappa shape index (κ1) is 18.9. The predicted molar refractivity (Wildman–Crippen MR) is 86.3 cm³/mol. The smallest absolute Gasteiger partial charge is 0.0897 e. The fourth-order valence-corrected chi connectivity index (χ4v) is 2.90. The Bertz CT molecular complexity index is 270. The SMILES string of the molecule is CC1CCC(OCC(O)CNCC(O)CC(C)(C)C)CC1. The van der Waals surface area contributed by atoms with Crippen LogP contribution in [0.15, 0.2) is 0 Å². The summed E-state index contributed by atoms with van der Waals surface area (Å²) in [5, 5.41) is 22.9. The zero-order valence-corrected chi connectivity index (χ0v) is 14.3. The minimum atomic E-state index is -0.494. The number of aliphatic hydroxyl groups is 2. The van der Waals surface area contributed by atoms with Crippen LogP contribution in [0.3, 0.4) is 0 Å². The molecule has 0 aromatic carbocycles. The van der Waals surface area contributed by atoms with Crippen molar-refractivity contribution >= 4 is 0 Å². The summed E-state index contributed by atoms with van der Waals surface area (Å²) in [6.45, 7) is 10.0. The van der Waals surface area contributed by atoms with Crippen molar-refractivity contribution in [3.63, 3.8) is 0 Å². The van der Waals surface area contributed by atoms with Gasteiger partial charge in [0, 0.05) is 13.1 Å². The fraction of sp³-hybridized carbons (Fsp3) is 1.00. The van der Waals surface area contributed by atoms with Crippen molar-refractivity contribution in [3.05, 3.63) is 0 Å². The van der Waals surface area contributed by atoms with E-state index in [1.54, 1.807) is 0 Å². The number of nitrogens with one attached hydrogen (secondary N) is 1. The largest absolute Gasteiger partial charge is 0.392 e. The molecule has 0 spiro atoms. The van der Waals surface area contributed by atoms with Crippen LogP contribution >= 0.6 is 0 Å².